The van der Waals surface area contributed by atoms with E-state index in [0.29, 0.717) is 24.2 Å². The number of methoxy groups -OCH3 is 1. The summed E-state index contributed by atoms with van der Waals surface area (Å²) in [6, 6.07) is 0. The van der Waals surface area contributed by atoms with Gasteiger partial charge < -0.3 is 20.7 Å². The largest absolute Gasteiger partial charge is 0.364 e. The van der Waals surface area contributed by atoms with Gasteiger partial charge in [-0.05, 0) is 18.0 Å². The van der Waals surface area contributed by atoms with Crippen molar-refractivity contribution in [1.29, 1.82) is 0 Å². The second-order valence-corrected chi connectivity index (χ2v) is 6.32. The Morgan fingerprint density at radius 3 is 2.58 bits per heavy atom. The van der Waals surface area contributed by atoms with Crippen molar-refractivity contribution in [3.05, 3.63) is 5.28 Å². The highest BCUT2D eigenvalue weighted by molar-refractivity contribution is 8.13. The van der Waals surface area contributed by atoms with Crippen LogP contribution >= 0.6 is 23.4 Å². The van der Waals surface area contributed by atoms with E-state index in [1.165, 1.54) is 24.6 Å². The highest BCUT2D eigenvalue weighted by atomic mass is 35.5. The Morgan fingerprint density at radius 2 is 1.88 bits per heavy atom. The van der Waals surface area contributed by atoms with Gasteiger partial charge in [0.25, 0.3) is 5.24 Å². The first-order valence-corrected chi connectivity index (χ1v) is 9.31. The molecule has 136 valence electrons. The number of carbonyl (C=O) groups is 1. The molecule has 0 saturated heterocycles. The molecule has 0 aromatic carbocycles. The molecule has 0 unspecified atom stereocenters. The van der Waals surface area contributed by atoms with Crippen molar-refractivity contribution < 1.29 is 9.53 Å². The molecule has 0 fully saturated rings. The maximum Gasteiger partial charge on any atom is 0.279 e. The van der Waals surface area contributed by atoms with E-state index in [2.05, 4.69) is 37.8 Å². The van der Waals surface area contributed by atoms with E-state index in [9.17, 15) is 4.79 Å². The first-order valence-electron chi connectivity index (χ1n) is 7.94. The molecule has 1 amide bonds. The summed E-state index contributed by atoms with van der Waals surface area (Å²) in [5, 5.41) is 8.83. The molecular weight excluding hydrogens is 352 g/mol. The topological polar surface area (TPSA) is 101 Å². The lowest BCUT2D eigenvalue weighted by molar-refractivity contribution is 0.220. The lowest BCUT2D eigenvalue weighted by Gasteiger charge is -2.08. The number of carbonyl (C=O) groups excluding carboxylic acids is 1. The van der Waals surface area contributed by atoms with Gasteiger partial charge in [-0.2, -0.15) is 15.0 Å². The second kappa shape index (κ2) is 13.0. The first kappa shape index (κ1) is 20.7. The summed E-state index contributed by atoms with van der Waals surface area (Å²) in [7, 11) is 1.56. The number of thioether (sulfide) groups is 1. The monoisotopic (exact) mass is 376 g/mol. The molecule has 8 nitrogen and oxygen atoms in total. The fourth-order valence-corrected chi connectivity index (χ4v) is 2.50. The van der Waals surface area contributed by atoms with Crippen molar-refractivity contribution in [3.63, 3.8) is 0 Å². The zero-order chi connectivity index (χ0) is 17.6. The molecule has 0 saturated carbocycles. The number of hydrogen-bond acceptors (Lipinski definition) is 8. The molecule has 1 aromatic heterocycles. The van der Waals surface area contributed by atoms with Crippen LogP contribution < -0.4 is 16.0 Å². The van der Waals surface area contributed by atoms with Gasteiger partial charge in [0.2, 0.25) is 17.2 Å². The molecule has 3 N–H and O–H groups in total. The third-order valence-electron chi connectivity index (χ3n) is 2.90. The van der Waals surface area contributed by atoms with Gasteiger partial charge in [0, 0.05) is 26.0 Å². The van der Waals surface area contributed by atoms with Gasteiger partial charge in [-0.3, -0.25) is 4.79 Å². The maximum absolute atomic E-state index is 11.7. The molecule has 0 aliphatic heterocycles. The summed E-state index contributed by atoms with van der Waals surface area (Å²) >= 11 is 7.06. The van der Waals surface area contributed by atoms with Gasteiger partial charge in [0.05, 0.1) is 0 Å². The summed E-state index contributed by atoms with van der Waals surface area (Å²) in [5.74, 6) is 1.29. The van der Waals surface area contributed by atoms with Gasteiger partial charge in [-0.15, -0.1) is 0 Å². The highest BCUT2D eigenvalue weighted by Gasteiger charge is 2.05. The van der Waals surface area contributed by atoms with Gasteiger partial charge in [0.1, 0.15) is 6.73 Å². The van der Waals surface area contributed by atoms with Gasteiger partial charge in [-0.1, -0.05) is 37.9 Å². The van der Waals surface area contributed by atoms with E-state index in [0.717, 1.165) is 19.4 Å². The lowest BCUT2D eigenvalue weighted by atomic mass is 10.2. The molecule has 0 bridgehead atoms. The summed E-state index contributed by atoms with van der Waals surface area (Å²) in [4.78, 5) is 23.7. The van der Waals surface area contributed by atoms with Crippen LogP contribution in [-0.2, 0) is 4.74 Å². The molecule has 0 atom stereocenters. The average molecular weight is 377 g/mol. The molecule has 0 aliphatic rings. The van der Waals surface area contributed by atoms with E-state index >= 15 is 0 Å². The molecule has 1 heterocycles. The number of anilines is 2. The van der Waals surface area contributed by atoms with E-state index in [-0.39, 0.29) is 17.3 Å². The number of nitrogens with one attached hydrogen (secondary N) is 3. The summed E-state index contributed by atoms with van der Waals surface area (Å²) < 4.78 is 4.88. The summed E-state index contributed by atoms with van der Waals surface area (Å²) in [6.45, 7) is 3.71. The Balaban J connectivity index is 2.20. The van der Waals surface area contributed by atoms with E-state index in [4.69, 9.17) is 16.3 Å². The highest BCUT2D eigenvalue weighted by Crippen LogP contribution is 2.10. The maximum atomic E-state index is 11.7. The van der Waals surface area contributed by atoms with Crippen molar-refractivity contribution in [3.8, 4) is 0 Å². The Bertz CT molecular complexity index is 494. The minimum absolute atomic E-state index is 0.00979. The van der Waals surface area contributed by atoms with E-state index in [1.54, 1.807) is 7.11 Å². The Kier molecular flexibility index (Phi) is 11.2. The van der Waals surface area contributed by atoms with Gasteiger partial charge >= 0.3 is 0 Å². The van der Waals surface area contributed by atoms with Crippen LogP contribution in [0.4, 0.5) is 16.7 Å². The van der Waals surface area contributed by atoms with Crippen LogP contribution in [0.1, 0.15) is 32.6 Å². The molecule has 0 radical (unpaired) electrons. The van der Waals surface area contributed by atoms with Gasteiger partial charge in [-0.25, -0.2) is 0 Å². The number of halogens is 1. The van der Waals surface area contributed by atoms with Crippen molar-refractivity contribution in [1.82, 2.24) is 20.3 Å². The van der Waals surface area contributed by atoms with Crippen molar-refractivity contribution in [2.24, 2.45) is 0 Å². The predicted octanol–water partition coefficient (Wildman–Crippen LogP) is 2.98. The Morgan fingerprint density at radius 1 is 1.12 bits per heavy atom. The fraction of sp³-hybridized carbons (Fsp3) is 0.714. The molecular formula is C14H25ClN6O2S. The third-order valence-corrected chi connectivity index (χ3v) is 3.88. The second-order valence-electron chi connectivity index (χ2n) is 4.91. The van der Waals surface area contributed by atoms with Crippen LogP contribution in [0.15, 0.2) is 0 Å². The van der Waals surface area contributed by atoms with Crippen molar-refractivity contribution in [2.45, 2.75) is 32.6 Å². The molecule has 24 heavy (non-hydrogen) atoms. The SMILES string of the molecule is CCCCCCNC(=O)SCCNc1nc(Cl)nc(NCOC)n1. The number of rotatable bonds is 12. The van der Waals surface area contributed by atoms with Crippen LogP contribution in [0.3, 0.4) is 0 Å². The average Bonchev–Trinajstić information content (AvgIpc) is 2.56. The number of amides is 1. The van der Waals surface area contributed by atoms with E-state index < -0.39 is 0 Å². The number of ether oxygens (including phenoxy) is 1. The predicted molar refractivity (Wildman–Crippen MR) is 98.8 cm³/mol. The number of aromatic nitrogens is 3. The minimum Gasteiger partial charge on any atom is -0.364 e. The Labute approximate surface area is 151 Å². The summed E-state index contributed by atoms with van der Waals surface area (Å²) in [6.07, 6.45) is 4.59. The zero-order valence-electron chi connectivity index (χ0n) is 14.1. The molecule has 0 aliphatic carbocycles. The van der Waals surface area contributed by atoms with Crippen molar-refractivity contribution in [2.75, 3.05) is 43.3 Å². The van der Waals surface area contributed by atoms with Crippen LogP contribution in [-0.4, -0.2) is 52.9 Å². The molecule has 10 heteroatoms. The van der Waals surface area contributed by atoms with Crippen LogP contribution in [0.5, 0.6) is 0 Å². The summed E-state index contributed by atoms with van der Waals surface area (Å²) in [5.41, 5.74) is 0. The lowest BCUT2D eigenvalue weighted by Crippen LogP contribution is -2.21. The zero-order valence-corrected chi connectivity index (χ0v) is 15.7. The van der Waals surface area contributed by atoms with Crippen LogP contribution in [0, 0.1) is 0 Å². The fourth-order valence-electron chi connectivity index (χ4n) is 1.74. The minimum atomic E-state index is -0.00979. The molecule has 1 rings (SSSR count). The standard InChI is InChI=1S/C14H25ClN6O2S/c1-3-4-5-6-7-17-14(22)24-9-8-16-12-19-11(15)20-13(21-12)18-10-23-2/h3-10H2,1-2H3,(H,17,22)(H2,16,18,19,20,21). The third kappa shape index (κ3) is 9.74. The quantitative estimate of drug-likeness (QED) is 0.378. The normalized spacial score (nSPS) is 10.5. The molecule has 0 spiro atoms. The van der Waals surface area contributed by atoms with Crippen LogP contribution in [0.25, 0.3) is 0 Å². The van der Waals surface area contributed by atoms with Gasteiger partial charge in [0.15, 0.2) is 0 Å². The first-order chi connectivity index (χ1) is 11.7. The number of hydrogen-bond donors (Lipinski definition) is 3. The van der Waals surface area contributed by atoms with Crippen molar-refractivity contribution >= 4 is 40.5 Å². The van der Waals surface area contributed by atoms with E-state index in [1.807, 2.05) is 0 Å². The molecule has 1 aromatic rings. The number of unbranched alkanes of at least 4 members (excludes halogenated alkanes) is 3. The van der Waals surface area contributed by atoms with Crippen LogP contribution in [0.2, 0.25) is 5.28 Å². The number of nitrogens with zero attached hydrogens (tertiary/aromatic N) is 3. The smallest absolute Gasteiger partial charge is 0.279 e. The Hall–Kier alpha value is -1.32.